The van der Waals surface area contributed by atoms with Gasteiger partial charge in [-0.2, -0.15) is 10.5 Å². The van der Waals surface area contributed by atoms with Crippen molar-refractivity contribution in [1.82, 2.24) is 10.6 Å². The first-order valence-corrected chi connectivity index (χ1v) is 9.27. The van der Waals surface area contributed by atoms with Crippen molar-refractivity contribution in [3.63, 3.8) is 0 Å². The number of rotatable bonds is 9. The monoisotopic (exact) mass is 376 g/mol. The van der Waals surface area contributed by atoms with Crippen LogP contribution in [0.15, 0.2) is 48.5 Å². The first-order chi connectivity index (χ1) is 13.5. The number of anilines is 2. The average Bonchev–Trinajstić information content (AvgIpc) is 2.71. The number of nitrogens with zero attached hydrogens (tertiary/aromatic N) is 4. The molecule has 2 atom stereocenters. The predicted octanol–water partition coefficient (Wildman–Crippen LogP) is 2.83. The van der Waals surface area contributed by atoms with Crippen molar-refractivity contribution in [2.24, 2.45) is 0 Å². The van der Waals surface area contributed by atoms with Gasteiger partial charge in [0.2, 0.25) is 0 Å². The van der Waals surface area contributed by atoms with Gasteiger partial charge < -0.3 is 9.80 Å². The van der Waals surface area contributed by atoms with E-state index in [-0.39, 0.29) is 12.1 Å². The highest BCUT2D eigenvalue weighted by Gasteiger charge is 2.12. The largest absolute Gasteiger partial charge is 0.378 e. The molecule has 28 heavy (non-hydrogen) atoms. The zero-order chi connectivity index (χ0) is 20.5. The number of hydrogen-bond acceptors (Lipinski definition) is 6. The molecule has 0 amide bonds. The van der Waals surface area contributed by atoms with Gasteiger partial charge in [0.1, 0.15) is 12.1 Å². The molecular weight excluding hydrogens is 348 g/mol. The molecule has 146 valence electrons. The number of nitrogens with one attached hydrogen (secondary N) is 2. The minimum absolute atomic E-state index is 0.377. The van der Waals surface area contributed by atoms with Crippen molar-refractivity contribution in [1.29, 1.82) is 10.5 Å². The Morgan fingerprint density at radius 3 is 1.25 bits per heavy atom. The lowest BCUT2D eigenvalue weighted by atomic mass is 10.1. The molecule has 0 fully saturated rings. The molecule has 2 N–H and O–H groups in total. The van der Waals surface area contributed by atoms with Crippen LogP contribution in [0.3, 0.4) is 0 Å². The van der Waals surface area contributed by atoms with E-state index in [4.69, 9.17) is 0 Å². The van der Waals surface area contributed by atoms with Gasteiger partial charge in [-0.25, -0.2) is 0 Å². The Hall–Kier alpha value is -3.06. The van der Waals surface area contributed by atoms with Crippen LogP contribution in [0.25, 0.3) is 0 Å². The molecule has 0 aromatic heterocycles. The summed E-state index contributed by atoms with van der Waals surface area (Å²) in [6, 6.07) is 19.7. The van der Waals surface area contributed by atoms with E-state index >= 15 is 0 Å². The Kier molecular flexibility index (Phi) is 7.83. The maximum absolute atomic E-state index is 9.46. The molecule has 0 bridgehead atoms. The molecule has 6 nitrogen and oxygen atoms in total. The first-order valence-electron chi connectivity index (χ1n) is 9.27. The lowest BCUT2D eigenvalue weighted by molar-refractivity contribution is 0.558. The molecule has 0 aliphatic carbocycles. The van der Waals surface area contributed by atoms with E-state index in [1.54, 1.807) is 0 Å². The standard InChI is InChI=1S/C22H28N6/c1-27(2)19-9-5-17(6-10-19)21(15-23)25-13-14-26-22(16-24)18-7-11-20(12-8-18)28(3)4/h5-12,21-22,25-26H,13-14H2,1-4H3. The highest BCUT2D eigenvalue weighted by atomic mass is 15.1. The Balaban J connectivity index is 1.87. The van der Waals surface area contributed by atoms with Crippen LogP contribution >= 0.6 is 0 Å². The Morgan fingerprint density at radius 1 is 0.679 bits per heavy atom. The molecule has 2 rings (SSSR count). The van der Waals surface area contributed by atoms with Crippen LogP contribution in [0, 0.1) is 22.7 Å². The third kappa shape index (κ3) is 5.72. The maximum Gasteiger partial charge on any atom is 0.121 e. The third-order valence-electron chi connectivity index (χ3n) is 4.57. The van der Waals surface area contributed by atoms with Crippen molar-refractivity contribution >= 4 is 11.4 Å². The van der Waals surface area contributed by atoms with E-state index in [2.05, 4.69) is 22.8 Å². The molecule has 2 aromatic carbocycles. The molecule has 0 aliphatic heterocycles. The first kappa shape index (κ1) is 21.2. The topological polar surface area (TPSA) is 78.1 Å². The Labute approximate surface area is 168 Å². The minimum atomic E-state index is -0.377. The second kappa shape index (κ2) is 10.3. The van der Waals surface area contributed by atoms with Crippen molar-refractivity contribution in [2.45, 2.75) is 12.1 Å². The molecule has 0 heterocycles. The van der Waals surface area contributed by atoms with Crippen molar-refractivity contribution < 1.29 is 0 Å². The van der Waals surface area contributed by atoms with Gasteiger partial charge in [-0.15, -0.1) is 0 Å². The number of hydrogen-bond donors (Lipinski definition) is 2. The maximum atomic E-state index is 9.46. The summed E-state index contributed by atoms with van der Waals surface area (Å²) in [5.74, 6) is 0. The SMILES string of the molecule is CN(C)c1ccc(C(C#N)NCCNC(C#N)c2ccc(N(C)C)cc2)cc1. The molecule has 0 saturated heterocycles. The van der Waals surface area contributed by atoms with E-state index in [0.29, 0.717) is 13.1 Å². The van der Waals surface area contributed by atoms with Gasteiger partial charge in [0.15, 0.2) is 0 Å². The lowest BCUT2D eigenvalue weighted by Crippen LogP contribution is -2.31. The molecule has 0 saturated carbocycles. The summed E-state index contributed by atoms with van der Waals surface area (Å²) >= 11 is 0. The van der Waals surface area contributed by atoms with E-state index in [1.807, 2.05) is 86.5 Å². The van der Waals surface area contributed by atoms with Crippen molar-refractivity contribution in [2.75, 3.05) is 51.1 Å². The van der Waals surface area contributed by atoms with Crippen LogP contribution in [0.4, 0.5) is 11.4 Å². The summed E-state index contributed by atoms with van der Waals surface area (Å²) in [4.78, 5) is 4.05. The molecule has 0 radical (unpaired) electrons. The summed E-state index contributed by atoms with van der Waals surface area (Å²) in [7, 11) is 7.95. The van der Waals surface area contributed by atoms with Gasteiger partial charge in [0, 0.05) is 52.7 Å². The summed E-state index contributed by atoms with van der Waals surface area (Å²) in [6.45, 7) is 1.17. The molecule has 2 unspecified atom stereocenters. The molecule has 6 heteroatoms. The van der Waals surface area contributed by atoms with E-state index in [9.17, 15) is 10.5 Å². The molecule has 2 aromatic rings. The lowest BCUT2D eigenvalue weighted by Gasteiger charge is -2.17. The number of nitriles is 2. The smallest absolute Gasteiger partial charge is 0.121 e. The Morgan fingerprint density at radius 2 is 1.00 bits per heavy atom. The second-order valence-corrected chi connectivity index (χ2v) is 7.00. The minimum Gasteiger partial charge on any atom is -0.378 e. The van der Waals surface area contributed by atoms with Crippen LogP contribution in [-0.2, 0) is 0 Å². The van der Waals surface area contributed by atoms with Crippen LogP contribution in [0.1, 0.15) is 23.2 Å². The summed E-state index contributed by atoms with van der Waals surface area (Å²) < 4.78 is 0. The van der Waals surface area contributed by atoms with Gasteiger partial charge >= 0.3 is 0 Å². The van der Waals surface area contributed by atoms with Crippen molar-refractivity contribution in [3.8, 4) is 12.1 Å². The average molecular weight is 377 g/mol. The van der Waals surface area contributed by atoms with Crippen LogP contribution in [-0.4, -0.2) is 41.3 Å². The fraction of sp³-hybridized carbons (Fsp3) is 0.364. The van der Waals surface area contributed by atoms with Gasteiger partial charge in [-0.1, -0.05) is 24.3 Å². The fourth-order valence-corrected chi connectivity index (χ4v) is 2.84. The van der Waals surface area contributed by atoms with Gasteiger partial charge in [0.25, 0.3) is 0 Å². The molecule has 0 aliphatic rings. The molecule has 0 spiro atoms. The van der Waals surface area contributed by atoms with Crippen molar-refractivity contribution in [3.05, 3.63) is 59.7 Å². The van der Waals surface area contributed by atoms with Gasteiger partial charge in [-0.05, 0) is 35.4 Å². The summed E-state index contributed by atoms with van der Waals surface area (Å²) in [6.07, 6.45) is 0. The third-order valence-corrected chi connectivity index (χ3v) is 4.57. The van der Waals surface area contributed by atoms with E-state index in [1.165, 1.54) is 0 Å². The van der Waals surface area contributed by atoms with Crippen LogP contribution in [0.5, 0.6) is 0 Å². The zero-order valence-electron chi connectivity index (χ0n) is 17.0. The molecular formula is C22H28N6. The van der Waals surface area contributed by atoms with Crippen LogP contribution in [0.2, 0.25) is 0 Å². The zero-order valence-corrected chi connectivity index (χ0v) is 17.0. The summed E-state index contributed by atoms with van der Waals surface area (Å²) in [5, 5.41) is 25.4. The second-order valence-electron chi connectivity index (χ2n) is 7.00. The number of benzene rings is 2. The highest BCUT2D eigenvalue weighted by molar-refractivity contribution is 5.48. The van der Waals surface area contributed by atoms with E-state index in [0.717, 1.165) is 22.5 Å². The fourth-order valence-electron chi connectivity index (χ4n) is 2.84. The van der Waals surface area contributed by atoms with E-state index < -0.39 is 0 Å². The normalized spacial score (nSPS) is 12.5. The Bertz CT molecular complexity index is 741. The highest BCUT2D eigenvalue weighted by Crippen LogP contribution is 2.18. The van der Waals surface area contributed by atoms with Gasteiger partial charge in [-0.3, -0.25) is 10.6 Å². The summed E-state index contributed by atoms with van der Waals surface area (Å²) in [5.41, 5.74) is 4.06. The van der Waals surface area contributed by atoms with Crippen LogP contribution < -0.4 is 20.4 Å². The predicted molar refractivity (Wildman–Crippen MR) is 114 cm³/mol. The quantitative estimate of drug-likeness (QED) is 0.655. The van der Waals surface area contributed by atoms with Gasteiger partial charge in [0.05, 0.1) is 12.1 Å².